The van der Waals surface area contributed by atoms with Crippen molar-refractivity contribution in [3.05, 3.63) is 42.5 Å². The van der Waals surface area contributed by atoms with Crippen molar-refractivity contribution < 1.29 is 19.4 Å². The lowest BCUT2D eigenvalue weighted by Crippen LogP contribution is -1.94. The molecule has 0 heterocycles. The number of carboxylic acid groups (broad SMARTS) is 1. The molecule has 0 aliphatic rings. The molecular formula is C13H14O4. The topological polar surface area (TPSA) is 55.8 Å². The fraction of sp³-hybridized carbons (Fsp3) is 0.154. The van der Waals surface area contributed by atoms with E-state index >= 15 is 0 Å². The van der Waals surface area contributed by atoms with Crippen molar-refractivity contribution in [3.8, 4) is 11.5 Å². The standard InChI is InChI=1S/C13H14O4/c1-4-9(8-13(14)15)10-5-6-11(16-2)12(7-10)17-3/h4-8H,1H2,2-3H3,(H,14,15)/b9-8-. The fourth-order valence-electron chi connectivity index (χ4n) is 1.41. The second-order valence-corrected chi connectivity index (χ2v) is 3.21. The highest BCUT2D eigenvalue weighted by Crippen LogP contribution is 2.30. The molecule has 0 saturated heterocycles. The zero-order chi connectivity index (χ0) is 12.8. The molecule has 4 heteroatoms. The Kier molecular flexibility index (Phi) is 4.34. The van der Waals surface area contributed by atoms with Crippen LogP contribution in [0.1, 0.15) is 5.56 Å². The van der Waals surface area contributed by atoms with Crippen LogP contribution in [-0.2, 0) is 4.79 Å². The molecule has 17 heavy (non-hydrogen) atoms. The van der Waals surface area contributed by atoms with Gasteiger partial charge in [0.15, 0.2) is 11.5 Å². The molecule has 1 aromatic carbocycles. The normalized spacial score (nSPS) is 10.8. The number of hydrogen-bond donors (Lipinski definition) is 1. The van der Waals surface area contributed by atoms with Gasteiger partial charge in [-0.25, -0.2) is 4.79 Å². The Bertz CT molecular complexity index is 460. The number of rotatable bonds is 5. The largest absolute Gasteiger partial charge is 0.493 e. The maximum atomic E-state index is 10.6. The van der Waals surface area contributed by atoms with Crippen LogP contribution in [0.15, 0.2) is 36.9 Å². The van der Waals surface area contributed by atoms with Gasteiger partial charge in [-0.1, -0.05) is 18.7 Å². The average molecular weight is 234 g/mol. The number of hydrogen-bond acceptors (Lipinski definition) is 3. The molecule has 0 spiro atoms. The lowest BCUT2D eigenvalue weighted by molar-refractivity contribution is -0.131. The lowest BCUT2D eigenvalue weighted by Gasteiger charge is -2.09. The van der Waals surface area contributed by atoms with Crippen molar-refractivity contribution >= 4 is 11.5 Å². The van der Waals surface area contributed by atoms with Gasteiger partial charge in [0.25, 0.3) is 0 Å². The van der Waals surface area contributed by atoms with Crippen LogP contribution in [0.3, 0.4) is 0 Å². The van der Waals surface area contributed by atoms with E-state index in [0.29, 0.717) is 22.6 Å². The summed E-state index contributed by atoms with van der Waals surface area (Å²) in [7, 11) is 3.06. The van der Waals surface area contributed by atoms with Crippen molar-refractivity contribution in [3.63, 3.8) is 0 Å². The van der Waals surface area contributed by atoms with E-state index in [1.54, 1.807) is 25.3 Å². The minimum Gasteiger partial charge on any atom is -0.493 e. The molecule has 1 aromatic rings. The van der Waals surface area contributed by atoms with Gasteiger partial charge in [-0.3, -0.25) is 0 Å². The monoisotopic (exact) mass is 234 g/mol. The van der Waals surface area contributed by atoms with Crippen LogP contribution in [0.2, 0.25) is 0 Å². The number of ether oxygens (including phenoxy) is 2. The fourth-order valence-corrected chi connectivity index (χ4v) is 1.41. The average Bonchev–Trinajstić information content (AvgIpc) is 2.34. The molecule has 0 unspecified atom stereocenters. The predicted molar refractivity (Wildman–Crippen MR) is 65.4 cm³/mol. The Balaban J connectivity index is 3.22. The van der Waals surface area contributed by atoms with Gasteiger partial charge in [-0.05, 0) is 23.3 Å². The van der Waals surface area contributed by atoms with Crippen molar-refractivity contribution in [1.82, 2.24) is 0 Å². The maximum Gasteiger partial charge on any atom is 0.328 e. The summed E-state index contributed by atoms with van der Waals surface area (Å²) in [4.78, 5) is 10.6. The van der Waals surface area contributed by atoms with E-state index in [-0.39, 0.29) is 0 Å². The predicted octanol–water partition coefficient (Wildman–Crippen LogP) is 2.36. The molecule has 90 valence electrons. The first kappa shape index (κ1) is 12.8. The van der Waals surface area contributed by atoms with Crippen LogP contribution in [0, 0.1) is 0 Å². The third kappa shape index (κ3) is 3.11. The van der Waals surface area contributed by atoms with E-state index in [1.807, 2.05) is 0 Å². The van der Waals surface area contributed by atoms with Gasteiger partial charge in [0.2, 0.25) is 0 Å². The molecule has 0 amide bonds. The molecular weight excluding hydrogens is 220 g/mol. The van der Waals surface area contributed by atoms with Crippen molar-refractivity contribution in [2.75, 3.05) is 14.2 Å². The van der Waals surface area contributed by atoms with Crippen LogP contribution in [0.25, 0.3) is 5.57 Å². The van der Waals surface area contributed by atoms with E-state index in [0.717, 1.165) is 6.08 Å². The lowest BCUT2D eigenvalue weighted by atomic mass is 10.0. The van der Waals surface area contributed by atoms with Crippen LogP contribution < -0.4 is 9.47 Å². The first-order valence-electron chi connectivity index (χ1n) is 4.91. The molecule has 0 fully saturated rings. The van der Waals surface area contributed by atoms with Gasteiger partial charge < -0.3 is 14.6 Å². The summed E-state index contributed by atoms with van der Waals surface area (Å²) in [6.07, 6.45) is 2.57. The number of benzene rings is 1. The molecule has 0 aliphatic carbocycles. The maximum absolute atomic E-state index is 10.6. The van der Waals surface area contributed by atoms with Crippen molar-refractivity contribution in [1.29, 1.82) is 0 Å². The van der Waals surface area contributed by atoms with E-state index in [4.69, 9.17) is 14.6 Å². The summed E-state index contributed by atoms with van der Waals surface area (Å²) in [5, 5.41) is 8.72. The Morgan fingerprint density at radius 2 is 1.94 bits per heavy atom. The van der Waals surface area contributed by atoms with E-state index < -0.39 is 5.97 Å². The quantitative estimate of drug-likeness (QED) is 0.627. The second-order valence-electron chi connectivity index (χ2n) is 3.21. The van der Waals surface area contributed by atoms with E-state index in [2.05, 4.69) is 6.58 Å². The SMILES string of the molecule is C=C/C(=C/C(=O)O)c1ccc(OC)c(OC)c1. The Morgan fingerprint density at radius 1 is 1.29 bits per heavy atom. The highest BCUT2D eigenvalue weighted by atomic mass is 16.5. The first-order valence-corrected chi connectivity index (χ1v) is 4.91. The molecule has 0 bridgehead atoms. The zero-order valence-corrected chi connectivity index (χ0v) is 9.77. The molecule has 1 N–H and O–H groups in total. The molecule has 1 rings (SSSR count). The summed E-state index contributed by atoms with van der Waals surface area (Å²) in [6, 6.07) is 5.17. The number of carbonyl (C=O) groups is 1. The Labute approximate surface area is 99.8 Å². The highest BCUT2D eigenvalue weighted by molar-refractivity contribution is 5.93. The molecule has 4 nitrogen and oxygen atoms in total. The minimum atomic E-state index is -1.02. The van der Waals surface area contributed by atoms with E-state index in [9.17, 15) is 4.79 Å². The zero-order valence-electron chi connectivity index (χ0n) is 9.77. The number of carboxylic acids is 1. The highest BCUT2D eigenvalue weighted by Gasteiger charge is 2.07. The molecule has 0 aromatic heterocycles. The Morgan fingerprint density at radius 3 is 2.41 bits per heavy atom. The van der Waals surface area contributed by atoms with E-state index in [1.165, 1.54) is 13.2 Å². The van der Waals surface area contributed by atoms with Crippen LogP contribution in [-0.4, -0.2) is 25.3 Å². The summed E-state index contributed by atoms with van der Waals surface area (Å²) in [5.74, 6) is 0.118. The third-order valence-corrected chi connectivity index (χ3v) is 2.22. The summed E-state index contributed by atoms with van der Waals surface area (Å²) >= 11 is 0. The summed E-state index contributed by atoms with van der Waals surface area (Å²) in [6.45, 7) is 3.58. The Hall–Kier alpha value is -2.23. The van der Waals surface area contributed by atoms with Crippen molar-refractivity contribution in [2.24, 2.45) is 0 Å². The summed E-state index contributed by atoms with van der Waals surface area (Å²) in [5.41, 5.74) is 1.22. The molecule has 0 saturated carbocycles. The third-order valence-electron chi connectivity index (χ3n) is 2.22. The van der Waals surface area contributed by atoms with Crippen LogP contribution in [0.4, 0.5) is 0 Å². The minimum absolute atomic E-state index is 0.512. The van der Waals surface area contributed by atoms with Crippen molar-refractivity contribution in [2.45, 2.75) is 0 Å². The van der Waals surface area contributed by atoms with Gasteiger partial charge in [0.05, 0.1) is 14.2 Å². The number of methoxy groups -OCH3 is 2. The van der Waals surface area contributed by atoms with Gasteiger partial charge in [-0.15, -0.1) is 0 Å². The first-order chi connectivity index (χ1) is 8.12. The van der Waals surface area contributed by atoms with Crippen LogP contribution >= 0.6 is 0 Å². The smallest absolute Gasteiger partial charge is 0.328 e. The molecule has 0 radical (unpaired) electrons. The van der Waals surface area contributed by atoms with Crippen LogP contribution in [0.5, 0.6) is 11.5 Å². The molecule has 0 aliphatic heterocycles. The van der Waals surface area contributed by atoms with Gasteiger partial charge in [-0.2, -0.15) is 0 Å². The number of aliphatic carboxylic acids is 1. The summed E-state index contributed by atoms with van der Waals surface area (Å²) < 4.78 is 10.2. The molecule has 0 atom stereocenters. The second kappa shape index (κ2) is 5.75. The van der Waals surface area contributed by atoms with Gasteiger partial charge in [0.1, 0.15) is 0 Å². The van der Waals surface area contributed by atoms with Gasteiger partial charge >= 0.3 is 5.97 Å². The number of allylic oxidation sites excluding steroid dienone is 2. The van der Waals surface area contributed by atoms with Gasteiger partial charge in [0, 0.05) is 6.08 Å².